The smallest absolute Gasteiger partial charge is 0.407 e. The quantitative estimate of drug-likeness (QED) is 0.191. The molecule has 3 atom stereocenters. The topological polar surface area (TPSA) is 158 Å². The van der Waals surface area contributed by atoms with E-state index in [9.17, 15) is 31.9 Å². The van der Waals surface area contributed by atoms with Crippen LogP contribution in [-0.2, 0) is 25.8 Å². The van der Waals surface area contributed by atoms with Crippen molar-refractivity contribution in [3.05, 3.63) is 35.4 Å². The van der Waals surface area contributed by atoms with E-state index < -0.39 is 62.7 Å². The van der Waals surface area contributed by atoms with Crippen LogP contribution in [-0.4, -0.2) is 73.9 Å². The number of sulfone groups is 1. The van der Waals surface area contributed by atoms with Crippen LogP contribution in [0.25, 0.3) is 0 Å². The average Bonchev–Trinajstić information content (AvgIpc) is 3.70. The minimum Gasteiger partial charge on any atom is -0.448 e. The van der Waals surface area contributed by atoms with Gasteiger partial charge in [-0.2, -0.15) is 5.26 Å². The zero-order valence-electron chi connectivity index (χ0n) is 23.0. The van der Waals surface area contributed by atoms with Gasteiger partial charge in [0.05, 0.1) is 35.6 Å². The van der Waals surface area contributed by atoms with Gasteiger partial charge in [-0.05, 0) is 49.8 Å². The minimum atomic E-state index is -3.86. The number of nitrogens with one attached hydrogen (secondary N) is 3. The molecule has 10 nitrogen and oxygen atoms in total. The van der Waals surface area contributed by atoms with Gasteiger partial charge >= 0.3 is 6.09 Å². The van der Waals surface area contributed by atoms with E-state index >= 15 is 0 Å². The van der Waals surface area contributed by atoms with Crippen LogP contribution in [0.3, 0.4) is 0 Å². The summed E-state index contributed by atoms with van der Waals surface area (Å²) >= 11 is 0. The number of carbonyl (C=O) groups is 2. The van der Waals surface area contributed by atoms with Crippen molar-refractivity contribution in [1.82, 2.24) is 16.0 Å². The molecule has 1 aliphatic rings. The first-order valence-corrected chi connectivity index (χ1v) is 15.4. The summed E-state index contributed by atoms with van der Waals surface area (Å²) in [6.07, 6.45) is 1.34. The fourth-order valence-electron chi connectivity index (χ4n) is 4.34. The van der Waals surface area contributed by atoms with Crippen molar-refractivity contribution < 1.29 is 36.6 Å². The number of hydrogen-bond acceptors (Lipinski definition) is 8. The molecule has 0 bridgehead atoms. The van der Waals surface area contributed by atoms with Crippen molar-refractivity contribution in [3.8, 4) is 6.07 Å². The van der Waals surface area contributed by atoms with Gasteiger partial charge in [0.15, 0.2) is 9.84 Å². The Morgan fingerprint density at radius 3 is 2.30 bits per heavy atom. The molecule has 0 saturated heterocycles. The normalized spacial score (nSPS) is 15.6. The number of carbonyl (C=O) groups excluding carboxylic acids is 2. The molecule has 1 fully saturated rings. The molecule has 0 radical (unpaired) electrons. The molecule has 1 saturated carbocycles. The van der Waals surface area contributed by atoms with Gasteiger partial charge in [0, 0.05) is 18.7 Å². The molecule has 13 heteroatoms. The summed E-state index contributed by atoms with van der Waals surface area (Å²) in [5.74, 6) is -3.27. The largest absolute Gasteiger partial charge is 0.448 e. The summed E-state index contributed by atoms with van der Waals surface area (Å²) in [5, 5.41) is 26.8. The second kappa shape index (κ2) is 16.4. The number of alkyl carbamates (subject to hydrolysis) is 1. The Balaban J connectivity index is 2.29. The molecule has 2 rings (SSSR count). The molecule has 0 unspecified atom stereocenters. The first-order chi connectivity index (χ1) is 19.0. The number of amides is 2. The van der Waals surface area contributed by atoms with Crippen LogP contribution in [0.2, 0.25) is 0 Å². The maximum Gasteiger partial charge on any atom is 0.407 e. The summed E-state index contributed by atoms with van der Waals surface area (Å²) in [4.78, 5) is 25.8. The number of aliphatic hydroxyl groups excluding tert-OH is 1. The van der Waals surface area contributed by atoms with Crippen molar-refractivity contribution in [3.63, 3.8) is 0 Å². The number of ether oxygens (including phenoxy) is 1. The number of aliphatic hydroxyl groups is 1. The van der Waals surface area contributed by atoms with Crippen molar-refractivity contribution in [2.75, 3.05) is 18.9 Å². The maximum atomic E-state index is 13.8. The highest BCUT2D eigenvalue weighted by molar-refractivity contribution is 7.92. The molecular formula is C27H40F2N4O6S. The zero-order chi connectivity index (χ0) is 29.7. The predicted molar refractivity (Wildman–Crippen MR) is 145 cm³/mol. The molecule has 0 aliphatic heterocycles. The van der Waals surface area contributed by atoms with Crippen LogP contribution < -0.4 is 16.0 Å². The molecule has 40 heavy (non-hydrogen) atoms. The van der Waals surface area contributed by atoms with Gasteiger partial charge in [-0.3, -0.25) is 4.79 Å². The summed E-state index contributed by atoms with van der Waals surface area (Å²) in [6.45, 7) is 3.53. The fraction of sp³-hybridized carbons (Fsp3) is 0.667. The second-order valence-electron chi connectivity index (χ2n) is 10.1. The number of rotatable bonds is 18. The third-order valence-electron chi connectivity index (χ3n) is 6.55. The van der Waals surface area contributed by atoms with Crippen LogP contribution in [0, 0.1) is 23.0 Å². The maximum absolute atomic E-state index is 13.8. The van der Waals surface area contributed by atoms with E-state index in [4.69, 9.17) is 10.00 Å². The molecule has 4 N–H and O–H groups in total. The third kappa shape index (κ3) is 11.7. The van der Waals surface area contributed by atoms with Crippen LogP contribution in [0.4, 0.5) is 13.6 Å². The first kappa shape index (κ1) is 33.4. The summed E-state index contributed by atoms with van der Waals surface area (Å²) in [6, 6.07) is 2.26. The van der Waals surface area contributed by atoms with Crippen LogP contribution in [0.5, 0.6) is 0 Å². The Kier molecular flexibility index (Phi) is 13.7. The van der Waals surface area contributed by atoms with E-state index in [0.29, 0.717) is 31.7 Å². The minimum absolute atomic E-state index is 0.0785. The predicted octanol–water partition coefficient (Wildman–Crippen LogP) is 2.50. The van der Waals surface area contributed by atoms with Crippen molar-refractivity contribution in [2.24, 2.45) is 0 Å². The lowest BCUT2D eigenvalue weighted by Gasteiger charge is -2.28. The summed E-state index contributed by atoms with van der Waals surface area (Å²) < 4.78 is 59.1. The first-order valence-electron chi connectivity index (χ1n) is 13.7. The molecule has 224 valence electrons. The van der Waals surface area contributed by atoms with Gasteiger partial charge in [-0.25, -0.2) is 22.0 Å². The average molecular weight is 587 g/mol. The van der Waals surface area contributed by atoms with Gasteiger partial charge in [-0.15, -0.1) is 0 Å². The van der Waals surface area contributed by atoms with Crippen molar-refractivity contribution >= 4 is 21.8 Å². The van der Waals surface area contributed by atoms with E-state index in [1.807, 2.05) is 13.8 Å². The molecule has 2 amide bonds. The number of hydrogen-bond donors (Lipinski definition) is 4. The van der Waals surface area contributed by atoms with E-state index in [0.717, 1.165) is 25.0 Å². The number of benzene rings is 1. The van der Waals surface area contributed by atoms with Gasteiger partial charge in [0.2, 0.25) is 5.91 Å². The van der Waals surface area contributed by atoms with E-state index in [-0.39, 0.29) is 37.6 Å². The Morgan fingerprint density at radius 1 is 1.12 bits per heavy atom. The van der Waals surface area contributed by atoms with Crippen LogP contribution >= 0.6 is 0 Å². The standard InChI is InChI=1S/C27H40F2N4O6S/c1-3-6-22(7-4-2)40(37,38)17-24(33-27(36)39-11-5-10-30)26(35)32-23(25(34)16-31-21-8-9-21)14-18-12-19(28)15-20(29)13-18/h12-13,15,21-25,31,34H,3-9,11,14,16-17H2,1-2H3,(H,32,35)(H,33,36)/t23-,24+,25+/m0/s1. The van der Waals surface area contributed by atoms with Gasteiger partial charge in [-0.1, -0.05) is 26.7 Å². The Labute approximate surface area is 234 Å². The molecule has 1 aliphatic carbocycles. The Hall–Kier alpha value is -2.82. The van der Waals surface area contributed by atoms with Crippen molar-refractivity contribution in [2.45, 2.75) is 94.7 Å². The monoisotopic (exact) mass is 586 g/mol. The highest BCUT2D eigenvalue weighted by Crippen LogP contribution is 2.20. The number of nitriles is 1. The lowest BCUT2D eigenvalue weighted by Crippen LogP contribution is -2.57. The molecular weight excluding hydrogens is 546 g/mol. The van der Waals surface area contributed by atoms with E-state index in [1.165, 1.54) is 0 Å². The van der Waals surface area contributed by atoms with E-state index in [1.54, 1.807) is 6.07 Å². The Bertz CT molecular complexity index is 1100. The molecule has 0 spiro atoms. The highest BCUT2D eigenvalue weighted by atomic mass is 32.2. The summed E-state index contributed by atoms with van der Waals surface area (Å²) in [5.41, 5.74) is 0.173. The number of nitrogens with zero attached hydrogens (tertiary/aromatic N) is 1. The van der Waals surface area contributed by atoms with Crippen LogP contribution in [0.15, 0.2) is 18.2 Å². The molecule has 0 aromatic heterocycles. The Morgan fingerprint density at radius 2 is 1.75 bits per heavy atom. The fourth-order valence-corrected chi connectivity index (χ4v) is 6.50. The molecule has 0 heterocycles. The second-order valence-corrected chi connectivity index (χ2v) is 12.4. The molecule has 1 aromatic rings. The zero-order valence-corrected chi connectivity index (χ0v) is 23.8. The lowest BCUT2D eigenvalue weighted by molar-refractivity contribution is -0.124. The van der Waals surface area contributed by atoms with Gasteiger partial charge in [0.1, 0.15) is 24.3 Å². The van der Waals surface area contributed by atoms with Gasteiger partial charge < -0.3 is 25.8 Å². The summed E-state index contributed by atoms with van der Waals surface area (Å²) in [7, 11) is -3.86. The van der Waals surface area contributed by atoms with Crippen LogP contribution in [0.1, 0.15) is 64.4 Å². The van der Waals surface area contributed by atoms with E-state index in [2.05, 4.69) is 16.0 Å². The molecule has 1 aromatic carbocycles. The number of halogens is 2. The third-order valence-corrected chi connectivity index (χ3v) is 8.83. The van der Waals surface area contributed by atoms with Crippen molar-refractivity contribution in [1.29, 1.82) is 5.26 Å². The lowest BCUT2D eigenvalue weighted by atomic mass is 10.00. The highest BCUT2D eigenvalue weighted by Gasteiger charge is 2.35. The SMILES string of the molecule is CCCC(CCC)S(=O)(=O)C[C@@H](NC(=O)OCCC#N)C(=O)N[C@@H](Cc1cc(F)cc(F)c1)[C@H](O)CNC1CC1. The van der Waals surface area contributed by atoms with Gasteiger partial charge in [0.25, 0.3) is 0 Å².